The summed E-state index contributed by atoms with van der Waals surface area (Å²) in [4.78, 5) is 35.7. The number of hydrogen-bond acceptors (Lipinski definition) is 5. The summed E-state index contributed by atoms with van der Waals surface area (Å²) in [6, 6.07) is 14.0. The Morgan fingerprint density at radius 3 is 2.39 bits per heavy atom. The fourth-order valence-electron chi connectivity index (χ4n) is 2.57. The average molecular weight is 383 g/mol. The van der Waals surface area contributed by atoms with Gasteiger partial charge in [-0.15, -0.1) is 0 Å². The monoisotopic (exact) mass is 383 g/mol. The molecule has 0 aliphatic carbocycles. The van der Waals surface area contributed by atoms with Crippen molar-refractivity contribution in [2.45, 2.75) is 39.7 Å². The number of nitrogens with one attached hydrogen (secondary N) is 1. The Bertz CT molecular complexity index is 860. The highest BCUT2D eigenvalue weighted by Gasteiger charge is 2.19. The van der Waals surface area contributed by atoms with Gasteiger partial charge in [0.1, 0.15) is 5.75 Å². The van der Waals surface area contributed by atoms with E-state index in [-0.39, 0.29) is 18.3 Å². The highest BCUT2D eigenvalue weighted by Crippen LogP contribution is 2.25. The van der Waals surface area contributed by atoms with E-state index in [0.717, 1.165) is 5.56 Å². The molecule has 0 fully saturated rings. The Morgan fingerprint density at radius 1 is 1.00 bits per heavy atom. The third-order valence-corrected chi connectivity index (χ3v) is 4.10. The van der Waals surface area contributed by atoms with Gasteiger partial charge < -0.3 is 14.8 Å². The van der Waals surface area contributed by atoms with Gasteiger partial charge in [0.15, 0.2) is 18.5 Å². The number of rotatable bonds is 8. The van der Waals surface area contributed by atoms with Crippen LogP contribution in [0, 0.1) is 0 Å². The number of amides is 1. The molecule has 0 unspecified atom stereocenters. The molecule has 6 nitrogen and oxygen atoms in total. The Kier molecular flexibility index (Phi) is 7.32. The Morgan fingerprint density at radius 2 is 1.71 bits per heavy atom. The van der Waals surface area contributed by atoms with Crippen LogP contribution in [0.15, 0.2) is 48.5 Å². The van der Waals surface area contributed by atoms with Crippen LogP contribution >= 0.6 is 0 Å². The second-order valence-electron chi connectivity index (χ2n) is 6.74. The first-order chi connectivity index (χ1) is 13.3. The summed E-state index contributed by atoms with van der Waals surface area (Å²) >= 11 is 0. The molecule has 2 aromatic carbocycles. The standard InChI is InChI=1S/C22H25NO5/c1-14(2)19-10-5-6-11-20(19)27-13-21(25)28-16(4)22(26)23-18-9-7-8-17(12-18)15(3)24/h5-12,14,16H,13H2,1-4H3,(H,23,26)/t16-/m0/s1. The fraction of sp³-hybridized carbons (Fsp3) is 0.318. The second-order valence-corrected chi connectivity index (χ2v) is 6.74. The number of carbonyl (C=O) groups is 3. The minimum Gasteiger partial charge on any atom is -0.482 e. The maximum atomic E-state index is 12.2. The van der Waals surface area contributed by atoms with E-state index in [1.165, 1.54) is 13.8 Å². The average Bonchev–Trinajstić information content (AvgIpc) is 2.66. The summed E-state index contributed by atoms with van der Waals surface area (Å²) in [5, 5.41) is 2.63. The quantitative estimate of drug-likeness (QED) is 0.551. The molecule has 1 amide bonds. The molecule has 2 rings (SSSR count). The van der Waals surface area contributed by atoms with E-state index in [4.69, 9.17) is 9.47 Å². The van der Waals surface area contributed by atoms with Crippen LogP contribution in [0.4, 0.5) is 5.69 Å². The summed E-state index contributed by atoms with van der Waals surface area (Å²) in [5.41, 5.74) is 1.94. The van der Waals surface area contributed by atoms with E-state index in [1.807, 2.05) is 32.0 Å². The summed E-state index contributed by atoms with van der Waals surface area (Å²) in [5.74, 6) is -0.361. The SMILES string of the molecule is CC(=O)c1cccc(NC(=O)[C@H](C)OC(=O)COc2ccccc2C(C)C)c1. The number of benzene rings is 2. The topological polar surface area (TPSA) is 81.7 Å². The van der Waals surface area contributed by atoms with E-state index in [1.54, 1.807) is 30.3 Å². The van der Waals surface area contributed by atoms with Gasteiger partial charge >= 0.3 is 5.97 Å². The fourth-order valence-corrected chi connectivity index (χ4v) is 2.57. The number of hydrogen-bond donors (Lipinski definition) is 1. The predicted molar refractivity (Wildman–Crippen MR) is 107 cm³/mol. The highest BCUT2D eigenvalue weighted by molar-refractivity contribution is 5.98. The highest BCUT2D eigenvalue weighted by atomic mass is 16.6. The van der Waals surface area contributed by atoms with Crippen LogP contribution in [0.25, 0.3) is 0 Å². The van der Waals surface area contributed by atoms with E-state index in [9.17, 15) is 14.4 Å². The normalized spacial score (nSPS) is 11.6. The third-order valence-electron chi connectivity index (χ3n) is 4.10. The van der Waals surface area contributed by atoms with E-state index >= 15 is 0 Å². The molecule has 2 aromatic rings. The van der Waals surface area contributed by atoms with Crippen LogP contribution in [-0.2, 0) is 14.3 Å². The van der Waals surface area contributed by atoms with Gasteiger partial charge in [-0.2, -0.15) is 0 Å². The van der Waals surface area contributed by atoms with Crippen molar-refractivity contribution in [2.75, 3.05) is 11.9 Å². The summed E-state index contributed by atoms with van der Waals surface area (Å²) in [7, 11) is 0. The number of Topliss-reactive ketones (excluding diaryl/α,β-unsaturated/α-hetero) is 1. The molecule has 148 valence electrons. The van der Waals surface area contributed by atoms with Gasteiger partial charge in [0.25, 0.3) is 5.91 Å². The van der Waals surface area contributed by atoms with Gasteiger partial charge in [-0.25, -0.2) is 4.79 Å². The maximum Gasteiger partial charge on any atom is 0.344 e. The van der Waals surface area contributed by atoms with Crippen LogP contribution in [0.3, 0.4) is 0 Å². The first-order valence-corrected chi connectivity index (χ1v) is 9.11. The largest absolute Gasteiger partial charge is 0.482 e. The Balaban J connectivity index is 1.89. The Labute approximate surface area is 164 Å². The van der Waals surface area contributed by atoms with Gasteiger partial charge in [0, 0.05) is 11.3 Å². The van der Waals surface area contributed by atoms with Crippen molar-refractivity contribution in [3.8, 4) is 5.75 Å². The van der Waals surface area contributed by atoms with Gasteiger partial charge in [-0.05, 0) is 43.5 Å². The van der Waals surface area contributed by atoms with Gasteiger partial charge in [-0.1, -0.05) is 44.2 Å². The Hall–Kier alpha value is -3.15. The van der Waals surface area contributed by atoms with Crippen LogP contribution < -0.4 is 10.1 Å². The zero-order valence-electron chi connectivity index (χ0n) is 16.5. The molecule has 1 N–H and O–H groups in total. The van der Waals surface area contributed by atoms with Crippen LogP contribution in [0.5, 0.6) is 5.75 Å². The lowest BCUT2D eigenvalue weighted by atomic mass is 10.0. The molecule has 0 saturated carbocycles. The number of ketones is 1. The van der Waals surface area contributed by atoms with Gasteiger partial charge in [0.2, 0.25) is 0 Å². The first kappa shape index (κ1) is 21.2. The van der Waals surface area contributed by atoms with Crippen molar-refractivity contribution in [3.63, 3.8) is 0 Å². The molecule has 0 bridgehead atoms. The van der Waals surface area contributed by atoms with Crippen molar-refractivity contribution < 1.29 is 23.9 Å². The molecule has 0 aromatic heterocycles. The van der Waals surface area contributed by atoms with Crippen molar-refractivity contribution in [1.29, 1.82) is 0 Å². The summed E-state index contributed by atoms with van der Waals surface area (Å²) in [6.07, 6.45) is -1.00. The van der Waals surface area contributed by atoms with E-state index in [2.05, 4.69) is 5.32 Å². The molecular formula is C22H25NO5. The lowest BCUT2D eigenvalue weighted by Crippen LogP contribution is -2.31. The minimum absolute atomic E-state index is 0.102. The molecule has 0 heterocycles. The van der Waals surface area contributed by atoms with E-state index < -0.39 is 18.0 Å². The first-order valence-electron chi connectivity index (χ1n) is 9.11. The number of esters is 1. The number of ether oxygens (including phenoxy) is 2. The van der Waals surface area contributed by atoms with Crippen LogP contribution in [0.2, 0.25) is 0 Å². The lowest BCUT2D eigenvalue weighted by Gasteiger charge is -2.16. The summed E-state index contributed by atoms with van der Waals surface area (Å²) in [6.45, 7) is 6.70. The molecule has 0 radical (unpaired) electrons. The lowest BCUT2D eigenvalue weighted by molar-refractivity contribution is -0.155. The molecule has 1 atom stereocenters. The molecule has 0 saturated heterocycles. The van der Waals surface area contributed by atoms with Crippen LogP contribution in [0.1, 0.15) is 49.5 Å². The van der Waals surface area contributed by atoms with Crippen molar-refractivity contribution >= 4 is 23.3 Å². The molecule has 6 heteroatoms. The van der Waals surface area contributed by atoms with Crippen molar-refractivity contribution in [3.05, 3.63) is 59.7 Å². The maximum absolute atomic E-state index is 12.2. The minimum atomic E-state index is -1.00. The molecular weight excluding hydrogens is 358 g/mol. The van der Waals surface area contributed by atoms with Crippen molar-refractivity contribution in [2.24, 2.45) is 0 Å². The number of carbonyl (C=O) groups excluding carboxylic acids is 3. The zero-order valence-corrected chi connectivity index (χ0v) is 16.5. The second kappa shape index (κ2) is 9.69. The zero-order chi connectivity index (χ0) is 20.7. The van der Waals surface area contributed by atoms with Gasteiger partial charge in [-0.3, -0.25) is 9.59 Å². The predicted octanol–water partition coefficient (Wildman–Crippen LogP) is 3.96. The number of para-hydroxylation sites is 1. The molecule has 0 aliphatic rings. The third kappa shape index (κ3) is 5.94. The van der Waals surface area contributed by atoms with E-state index in [0.29, 0.717) is 17.0 Å². The molecule has 0 aliphatic heterocycles. The van der Waals surface area contributed by atoms with Crippen molar-refractivity contribution in [1.82, 2.24) is 0 Å². The molecule has 0 spiro atoms. The molecule has 28 heavy (non-hydrogen) atoms. The van der Waals surface area contributed by atoms with Crippen LogP contribution in [-0.4, -0.2) is 30.4 Å². The number of anilines is 1. The summed E-state index contributed by atoms with van der Waals surface area (Å²) < 4.78 is 10.7. The smallest absolute Gasteiger partial charge is 0.344 e. The van der Waals surface area contributed by atoms with Gasteiger partial charge in [0.05, 0.1) is 0 Å².